The zero-order chi connectivity index (χ0) is 26.5. The molecule has 4 rings (SSSR count). The van der Waals surface area contributed by atoms with Gasteiger partial charge in [0, 0.05) is 38.9 Å². The molecule has 3 heterocycles. The van der Waals surface area contributed by atoms with Gasteiger partial charge in [0.1, 0.15) is 11.4 Å². The number of carbonyl (C=O) groups is 1. The lowest BCUT2D eigenvalue weighted by Crippen LogP contribution is -2.50. The van der Waals surface area contributed by atoms with E-state index in [4.69, 9.17) is 19.0 Å². The third-order valence-corrected chi connectivity index (χ3v) is 7.06. The van der Waals surface area contributed by atoms with Gasteiger partial charge in [-0.15, -0.1) is 0 Å². The summed E-state index contributed by atoms with van der Waals surface area (Å²) < 4.78 is 19.0. The second kappa shape index (κ2) is 9.23. The van der Waals surface area contributed by atoms with Crippen LogP contribution in [0.25, 0.3) is 17.0 Å². The van der Waals surface area contributed by atoms with Crippen LogP contribution >= 0.6 is 0 Å². The zero-order valence-corrected chi connectivity index (χ0v) is 22.6. The van der Waals surface area contributed by atoms with E-state index in [2.05, 4.69) is 4.90 Å². The summed E-state index contributed by atoms with van der Waals surface area (Å²) >= 11 is 0. The molecule has 0 bridgehead atoms. The Kier molecular flexibility index (Phi) is 6.72. The fourth-order valence-electron chi connectivity index (χ4n) is 4.23. The van der Waals surface area contributed by atoms with Crippen LogP contribution in [0, 0.1) is 0 Å². The van der Waals surface area contributed by atoms with Crippen LogP contribution < -0.4 is 10.5 Å². The highest BCUT2D eigenvalue weighted by Gasteiger charge is 2.50. The maximum Gasteiger partial charge on any atom is 0.487 e. The van der Waals surface area contributed by atoms with Gasteiger partial charge in [-0.3, -0.25) is 9.36 Å². The number of rotatable bonds is 3. The number of anilines is 1. The first-order chi connectivity index (χ1) is 16.7. The van der Waals surface area contributed by atoms with Gasteiger partial charge < -0.3 is 23.8 Å². The Bertz CT molecular complexity index is 1220. The van der Waals surface area contributed by atoms with Crippen molar-refractivity contribution in [3.8, 4) is 0 Å². The van der Waals surface area contributed by atoms with Crippen LogP contribution in [0.2, 0.25) is 0 Å². The molecule has 0 aliphatic carbocycles. The standard InChI is InChI=1S/C26H37BN4O5/c1-24(2,3)34-23(33)31-15-13-30(14-16-31)18-9-10-20-19(17-18)22(32)29(8)21(28-20)11-12-27-35-25(4,5)26(6,7)36-27/h9-12,17H,13-16H2,1-8H3/b12-11+. The van der Waals surface area contributed by atoms with Crippen molar-refractivity contribution in [1.29, 1.82) is 0 Å². The summed E-state index contributed by atoms with van der Waals surface area (Å²) in [6, 6.07) is 5.73. The van der Waals surface area contributed by atoms with Crippen molar-refractivity contribution in [2.24, 2.45) is 7.05 Å². The van der Waals surface area contributed by atoms with Gasteiger partial charge in [-0.2, -0.15) is 0 Å². The molecule has 9 nitrogen and oxygen atoms in total. The number of hydrogen-bond donors (Lipinski definition) is 0. The summed E-state index contributed by atoms with van der Waals surface area (Å²) in [5.74, 6) is 2.32. The molecule has 0 radical (unpaired) electrons. The van der Waals surface area contributed by atoms with Gasteiger partial charge in [0.05, 0.1) is 22.1 Å². The fraction of sp³-hybridized carbons (Fsp3) is 0.577. The molecule has 0 spiro atoms. The van der Waals surface area contributed by atoms with Crippen molar-refractivity contribution in [3.63, 3.8) is 0 Å². The second-order valence-corrected chi connectivity index (χ2v) is 11.5. The average Bonchev–Trinajstić information content (AvgIpc) is 3.00. The highest BCUT2D eigenvalue weighted by molar-refractivity contribution is 6.52. The van der Waals surface area contributed by atoms with Gasteiger partial charge in [-0.1, -0.05) is 5.98 Å². The topological polar surface area (TPSA) is 86.1 Å². The summed E-state index contributed by atoms with van der Waals surface area (Å²) in [4.78, 5) is 34.2. The molecule has 194 valence electrons. The molecule has 1 amide bonds. The van der Waals surface area contributed by atoms with E-state index in [0.717, 1.165) is 5.69 Å². The number of ether oxygens (including phenoxy) is 1. The van der Waals surface area contributed by atoms with Gasteiger partial charge in [0.15, 0.2) is 0 Å². The Morgan fingerprint density at radius 2 is 1.69 bits per heavy atom. The third-order valence-electron chi connectivity index (χ3n) is 7.06. The molecule has 2 saturated heterocycles. The molecule has 0 atom stereocenters. The molecule has 2 aliphatic heterocycles. The number of benzene rings is 1. The Morgan fingerprint density at radius 3 is 2.28 bits per heavy atom. The minimum absolute atomic E-state index is 0.122. The van der Waals surface area contributed by atoms with E-state index < -0.39 is 23.9 Å². The molecular weight excluding hydrogens is 459 g/mol. The number of hydrogen-bond acceptors (Lipinski definition) is 7. The summed E-state index contributed by atoms with van der Waals surface area (Å²) in [5, 5.41) is 0.553. The van der Waals surface area contributed by atoms with Crippen molar-refractivity contribution in [3.05, 3.63) is 40.4 Å². The lowest BCUT2D eigenvalue weighted by atomic mass is 9.90. The molecule has 2 fully saturated rings. The van der Waals surface area contributed by atoms with E-state index >= 15 is 0 Å². The Balaban J connectivity index is 1.49. The van der Waals surface area contributed by atoms with Crippen molar-refractivity contribution >= 4 is 35.9 Å². The van der Waals surface area contributed by atoms with Crippen molar-refractivity contribution in [1.82, 2.24) is 14.5 Å². The fourth-order valence-corrected chi connectivity index (χ4v) is 4.23. The molecule has 2 aliphatic rings. The van der Waals surface area contributed by atoms with Crippen LogP contribution in [-0.2, 0) is 21.1 Å². The summed E-state index contributed by atoms with van der Waals surface area (Å²) in [7, 11) is 1.20. The molecule has 36 heavy (non-hydrogen) atoms. The van der Waals surface area contributed by atoms with Crippen molar-refractivity contribution in [2.45, 2.75) is 65.3 Å². The van der Waals surface area contributed by atoms with Crippen LogP contribution in [0.5, 0.6) is 0 Å². The van der Waals surface area contributed by atoms with Crippen LogP contribution in [0.4, 0.5) is 10.5 Å². The van der Waals surface area contributed by atoms with E-state index in [0.29, 0.717) is 42.9 Å². The zero-order valence-electron chi connectivity index (χ0n) is 22.6. The SMILES string of the molecule is Cn1c(/C=C/B2OC(C)(C)C(C)(C)O2)nc2ccc(N3CCN(C(=O)OC(C)(C)C)CC3)cc2c1=O. The first-order valence-electron chi connectivity index (χ1n) is 12.4. The van der Waals surface area contributed by atoms with Gasteiger partial charge in [0.25, 0.3) is 5.56 Å². The minimum atomic E-state index is -0.516. The summed E-state index contributed by atoms with van der Waals surface area (Å²) in [6.07, 6.45) is 1.48. The molecule has 0 saturated carbocycles. The lowest BCUT2D eigenvalue weighted by Gasteiger charge is -2.36. The van der Waals surface area contributed by atoms with Crippen LogP contribution in [0.3, 0.4) is 0 Å². The monoisotopic (exact) mass is 496 g/mol. The minimum Gasteiger partial charge on any atom is -0.444 e. The van der Waals surface area contributed by atoms with Gasteiger partial charge in [-0.25, -0.2) is 9.78 Å². The van der Waals surface area contributed by atoms with Crippen LogP contribution in [-0.4, -0.2) is 70.6 Å². The predicted molar refractivity (Wildman–Crippen MR) is 142 cm³/mol. The van der Waals surface area contributed by atoms with E-state index in [9.17, 15) is 9.59 Å². The Labute approximate surface area is 213 Å². The number of nitrogens with zero attached hydrogens (tertiary/aromatic N) is 4. The summed E-state index contributed by atoms with van der Waals surface area (Å²) in [5.41, 5.74) is 0.0631. The molecule has 1 aromatic heterocycles. The lowest BCUT2D eigenvalue weighted by molar-refractivity contribution is 0.00578. The molecule has 0 unspecified atom stereocenters. The highest BCUT2D eigenvalue weighted by Crippen LogP contribution is 2.37. The van der Waals surface area contributed by atoms with E-state index in [1.165, 1.54) is 4.57 Å². The normalized spacial score (nSPS) is 19.9. The number of fused-ring (bicyclic) bond motifs is 1. The van der Waals surface area contributed by atoms with Crippen molar-refractivity contribution < 1.29 is 18.8 Å². The first kappa shape index (κ1) is 26.2. The van der Waals surface area contributed by atoms with E-state index in [-0.39, 0.29) is 11.7 Å². The smallest absolute Gasteiger partial charge is 0.444 e. The number of amides is 1. The Morgan fingerprint density at radius 1 is 1.08 bits per heavy atom. The van der Waals surface area contributed by atoms with Crippen LogP contribution in [0.1, 0.15) is 54.3 Å². The maximum absolute atomic E-state index is 13.2. The van der Waals surface area contributed by atoms with Gasteiger partial charge >= 0.3 is 13.2 Å². The molecule has 1 aromatic carbocycles. The number of aromatic nitrogens is 2. The molecule has 0 N–H and O–H groups in total. The molecule has 10 heteroatoms. The predicted octanol–water partition coefficient (Wildman–Crippen LogP) is 3.64. The van der Waals surface area contributed by atoms with E-state index in [1.54, 1.807) is 24.0 Å². The maximum atomic E-state index is 13.2. The highest BCUT2D eigenvalue weighted by atomic mass is 16.7. The number of piperazine rings is 1. The molecular formula is C26H37BN4O5. The quantitative estimate of drug-likeness (QED) is 0.600. The average molecular weight is 496 g/mol. The molecule has 2 aromatic rings. The second-order valence-electron chi connectivity index (χ2n) is 11.5. The first-order valence-corrected chi connectivity index (χ1v) is 12.4. The largest absolute Gasteiger partial charge is 0.487 e. The van der Waals surface area contributed by atoms with Crippen molar-refractivity contribution in [2.75, 3.05) is 31.1 Å². The van der Waals surface area contributed by atoms with Gasteiger partial charge in [-0.05, 0) is 72.7 Å². The third kappa shape index (κ3) is 5.29. The van der Waals surface area contributed by atoms with Gasteiger partial charge in [0.2, 0.25) is 0 Å². The van der Waals surface area contributed by atoms with E-state index in [1.807, 2.05) is 66.7 Å². The summed E-state index contributed by atoms with van der Waals surface area (Å²) in [6.45, 7) is 16.0. The van der Waals surface area contributed by atoms with Crippen LogP contribution in [0.15, 0.2) is 29.0 Å². The Hall–Kier alpha value is -2.85. The number of carbonyl (C=O) groups excluding carboxylic acids is 1.